The highest BCUT2D eigenvalue weighted by Crippen LogP contribution is 2.28. The molecule has 0 fully saturated rings. The number of hydrogen-bond acceptors (Lipinski definition) is 2. The lowest BCUT2D eigenvalue weighted by molar-refractivity contribution is -0.119. The average molecular weight is 309 g/mol. The van der Waals surface area contributed by atoms with E-state index in [0.717, 1.165) is 17.0 Å². The van der Waals surface area contributed by atoms with E-state index in [0.29, 0.717) is 23.2 Å². The third-order valence-electron chi connectivity index (χ3n) is 2.72. The van der Waals surface area contributed by atoms with Crippen LogP contribution < -0.4 is 10.2 Å². The Hall–Kier alpha value is -0.940. The fourth-order valence-corrected chi connectivity index (χ4v) is 2.18. The summed E-state index contributed by atoms with van der Waals surface area (Å²) in [6, 6.07) is 5.12. The molecule has 1 N–H and O–H groups in total. The Kier molecular flexibility index (Phi) is 6.14. The summed E-state index contributed by atoms with van der Waals surface area (Å²) in [5.41, 5.74) is 1.34. The van der Waals surface area contributed by atoms with Crippen molar-refractivity contribution in [1.29, 1.82) is 0 Å². The minimum Gasteiger partial charge on any atom is -0.365 e. The Bertz CT molecular complexity index is 433. The van der Waals surface area contributed by atoms with Gasteiger partial charge in [-0.15, -0.1) is 0 Å². The van der Waals surface area contributed by atoms with Crippen LogP contribution in [-0.4, -0.2) is 26.3 Å². The van der Waals surface area contributed by atoms with E-state index in [9.17, 15) is 13.2 Å². The minimum absolute atomic E-state index is 0.334. The fraction of sp³-hybridized carbons (Fsp3) is 0.571. The molecular formula is C14H20ClF3N2. The Balaban J connectivity index is 2.68. The van der Waals surface area contributed by atoms with Gasteiger partial charge in [-0.2, -0.15) is 13.2 Å². The van der Waals surface area contributed by atoms with Gasteiger partial charge in [0.1, 0.15) is 6.54 Å². The lowest BCUT2D eigenvalue weighted by atomic mass is 10.1. The summed E-state index contributed by atoms with van der Waals surface area (Å²) in [6.07, 6.45) is -4.24. The summed E-state index contributed by atoms with van der Waals surface area (Å²) in [7, 11) is 1.38. The molecule has 0 spiro atoms. The molecule has 0 saturated heterocycles. The molecule has 0 amide bonds. The van der Waals surface area contributed by atoms with Crippen LogP contribution in [0.2, 0.25) is 5.02 Å². The highest BCUT2D eigenvalue weighted by Gasteiger charge is 2.29. The summed E-state index contributed by atoms with van der Waals surface area (Å²) < 4.78 is 37.1. The van der Waals surface area contributed by atoms with Crippen molar-refractivity contribution in [2.75, 3.05) is 25.0 Å². The first kappa shape index (κ1) is 17.1. The first-order chi connectivity index (χ1) is 9.19. The summed E-state index contributed by atoms with van der Waals surface area (Å²) in [6.45, 7) is 4.73. The summed E-state index contributed by atoms with van der Waals surface area (Å²) in [5.74, 6) is 0.544. The molecule has 2 nitrogen and oxygen atoms in total. The second-order valence-corrected chi connectivity index (χ2v) is 5.69. The predicted molar refractivity (Wildman–Crippen MR) is 77.3 cm³/mol. The number of hydrogen-bond donors (Lipinski definition) is 1. The lowest BCUT2D eigenvalue weighted by Crippen LogP contribution is -2.31. The number of benzene rings is 1. The monoisotopic (exact) mass is 308 g/mol. The average Bonchev–Trinajstić information content (AvgIpc) is 2.25. The zero-order chi connectivity index (χ0) is 15.3. The van der Waals surface area contributed by atoms with Crippen LogP contribution in [0.4, 0.5) is 18.9 Å². The Morgan fingerprint density at radius 2 is 1.95 bits per heavy atom. The molecule has 1 aromatic rings. The van der Waals surface area contributed by atoms with Crippen LogP contribution in [-0.2, 0) is 6.54 Å². The van der Waals surface area contributed by atoms with Gasteiger partial charge in [-0.1, -0.05) is 31.5 Å². The van der Waals surface area contributed by atoms with E-state index >= 15 is 0 Å². The predicted octanol–water partition coefficient (Wildman–Crippen LogP) is 4.08. The van der Waals surface area contributed by atoms with Crippen molar-refractivity contribution < 1.29 is 13.2 Å². The maximum Gasteiger partial charge on any atom is 0.405 e. The van der Waals surface area contributed by atoms with Gasteiger partial charge in [-0.3, -0.25) is 0 Å². The van der Waals surface area contributed by atoms with Crippen molar-refractivity contribution in [2.45, 2.75) is 26.6 Å². The third kappa shape index (κ3) is 6.01. The molecule has 0 unspecified atom stereocenters. The first-order valence-corrected chi connectivity index (χ1v) is 6.84. The molecule has 114 valence electrons. The van der Waals surface area contributed by atoms with Crippen LogP contribution in [0.25, 0.3) is 0 Å². The number of alkyl halides is 3. The number of anilines is 1. The highest BCUT2D eigenvalue weighted by molar-refractivity contribution is 6.33. The smallest absolute Gasteiger partial charge is 0.365 e. The summed E-state index contributed by atoms with van der Waals surface area (Å²) in [5, 5.41) is 3.60. The molecule has 6 heteroatoms. The summed E-state index contributed by atoms with van der Waals surface area (Å²) in [4.78, 5) is 1.10. The van der Waals surface area contributed by atoms with Crippen LogP contribution in [0.15, 0.2) is 18.2 Å². The molecule has 0 aliphatic heterocycles. The molecular weight excluding hydrogens is 289 g/mol. The van der Waals surface area contributed by atoms with E-state index in [1.807, 2.05) is 0 Å². The quantitative estimate of drug-likeness (QED) is 0.851. The van der Waals surface area contributed by atoms with E-state index in [-0.39, 0.29) is 0 Å². The van der Waals surface area contributed by atoms with Crippen LogP contribution in [0.1, 0.15) is 19.4 Å². The van der Waals surface area contributed by atoms with E-state index in [2.05, 4.69) is 19.2 Å². The van der Waals surface area contributed by atoms with Crippen LogP contribution in [0.5, 0.6) is 0 Å². The largest absolute Gasteiger partial charge is 0.405 e. The van der Waals surface area contributed by atoms with Crippen molar-refractivity contribution in [3.05, 3.63) is 28.8 Å². The third-order valence-corrected chi connectivity index (χ3v) is 3.02. The van der Waals surface area contributed by atoms with E-state index in [4.69, 9.17) is 11.6 Å². The van der Waals surface area contributed by atoms with Crippen molar-refractivity contribution in [3.63, 3.8) is 0 Å². The molecule has 1 aromatic carbocycles. The topological polar surface area (TPSA) is 15.3 Å². The minimum atomic E-state index is -4.24. The van der Waals surface area contributed by atoms with Gasteiger partial charge in [-0.05, 0) is 30.2 Å². The van der Waals surface area contributed by atoms with E-state index in [1.165, 1.54) is 7.05 Å². The van der Waals surface area contributed by atoms with Gasteiger partial charge in [0.25, 0.3) is 0 Å². The zero-order valence-electron chi connectivity index (χ0n) is 11.9. The molecule has 0 aliphatic rings. The first-order valence-electron chi connectivity index (χ1n) is 6.46. The second kappa shape index (κ2) is 7.18. The maximum absolute atomic E-state index is 12.4. The maximum atomic E-state index is 12.4. The van der Waals surface area contributed by atoms with Crippen LogP contribution >= 0.6 is 11.6 Å². The van der Waals surface area contributed by atoms with Gasteiger partial charge in [0, 0.05) is 13.6 Å². The SMILES string of the molecule is CC(C)CNCc1ccc(N(C)CC(F)(F)F)c(Cl)c1. The van der Waals surface area contributed by atoms with Crippen molar-refractivity contribution in [3.8, 4) is 0 Å². The van der Waals surface area contributed by atoms with Crippen LogP contribution in [0.3, 0.4) is 0 Å². The van der Waals surface area contributed by atoms with Gasteiger partial charge in [0.2, 0.25) is 0 Å². The molecule has 0 saturated carbocycles. The van der Waals surface area contributed by atoms with Crippen LogP contribution in [0, 0.1) is 5.92 Å². The van der Waals surface area contributed by atoms with Gasteiger partial charge in [0.05, 0.1) is 10.7 Å². The van der Waals surface area contributed by atoms with Crippen molar-refractivity contribution in [2.24, 2.45) is 5.92 Å². The summed E-state index contributed by atoms with van der Waals surface area (Å²) >= 11 is 6.06. The normalized spacial score (nSPS) is 12.0. The van der Waals surface area contributed by atoms with Gasteiger partial charge in [0.15, 0.2) is 0 Å². The number of nitrogens with one attached hydrogen (secondary N) is 1. The van der Waals surface area contributed by atoms with Gasteiger partial charge < -0.3 is 10.2 Å². The van der Waals surface area contributed by atoms with Crippen molar-refractivity contribution in [1.82, 2.24) is 5.32 Å². The Labute approximate surface area is 122 Å². The van der Waals surface area contributed by atoms with E-state index < -0.39 is 12.7 Å². The molecule has 0 atom stereocenters. The number of nitrogens with zero attached hydrogens (tertiary/aromatic N) is 1. The molecule has 0 aromatic heterocycles. The molecule has 0 heterocycles. The van der Waals surface area contributed by atoms with Crippen molar-refractivity contribution >= 4 is 17.3 Å². The fourth-order valence-electron chi connectivity index (χ4n) is 1.83. The van der Waals surface area contributed by atoms with Gasteiger partial charge in [-0.25, -0.2) is 0 Å². The zero-order valence-corrected chi connectivity index (χ0v) is 12.6. The molecule has 20 heavy (non-hydrogen) atoms. The lowest BCUT2D eigenvalue weighted by Gasteiger charge is -2.22. The molecule has 1 rings (SSSR count). The number of rotatable bonds is 6. The standard InChI is InChI=1S/C14H20ClF3N2/c1-10(2)7-19-8-11-4-5-13(12(15)6-11)20(3)9-14(16,17)18/h4-6,10,19H,7-9H2,1-3H3. The molecule has 0 aliphatic carbocycles. The van der Waals surface area contributed by atoms with Gasteiger partial charge >= 0.3 is 6.18 Å². The number of halogens is 4. The molecule has 0 bridgehead atoms. The molecule has 0 radical (unpaired) electrons. The second-order valence-electron chi connectivity index (χ2n) is 5.28. The Morgan fingerprint density at radius 3 is 2.45 bits per heavy atom. The highest BCUT2D eigenvalue weighted by atomic mass is 35.5. The van der Waals surface area contributed by atoms with E-state index in [1.54, 1.807) is 18.2 Å². The Morgan fingerprint density at radius 1 is 1.30 bits per heavy atom.